The largest absolute Gasteiger partial charge is 0.352 e. The summed E-state index contributed by atoms with van der Waals surface area (Å²) in [5.41, 5.74) is 0.354. The Morgan fingerprint density at radius 3 is 3.06 bits per heavy atom. The lowest BCUT2D eigenvalue weighted by molar-refractivity contribution is 0.0953. The van der Waals surface area contributed by atoms with E-state index in [1.165, 1.54) is 0 Å². The van der Waals surface area contributed by atoms with Crippen molar-refractivity contribution in [1.82, 2.24) is 15.3 Å². The standard InChI is InChI=1S/C12H18N4O/c1-4-7-13-11(17)10-6-8-14-12(16-10)15-9(3)5-2/h4,6,8-9H,1,5,7H2,2-3H3,(H,13,17)(H,14,15,16). The first-order valence-electron chi connectivity index (χ1n) is 5.66. The molecule has 0 radical (unpaired) electrons. The summed E-state index contributed by atoms with van der Waals surface area (Å²) >= 11 is 0. The smallest absolute Gasteiger partial charge is 0.270 e. The summed E-state index contributed by atoms with van der Waals surface area (Å²) in [5.74, 6) is 0.255. The lowest BCUT2D eigenvalue weighted by atomic mass is 10.3. The molecular weight excluding hydrogens is 216 g/mol. The number of nitrogens with zero attached hydrogens (tertiary/aromatic N) is 2. The predicted molar refractivity (Wildman–Crippen MR) is 67.9 cm³/mol. The second kappa shape index (κ2) is 6.62. The summed E-state index contributed by atoms with van der Waals surface area (Å²) < 4.78 is 0. The first-order valence-corrected chi connectivity index (χ1v) is 5.66. The van der Waals surface area contributed by atoms with Gasteiger partial charge in [0.1, 0.15) is 5.69 Å². The Balaban J connectivity index is 2.71. The molecule has 1 rings (SSSR count). The van der Waals surface area contributed by atoms with E-state index in [2.05, 4.69) is 34.1 Å². The van der Waals surface area contributed by atoms with Crippen molar-refractivity contribution in [3.05, 3.63) is 30.6 Å². The Bertz CT molecular complexity index is 392. The number of rotatable bonds is 6. The van der Waals surface area contributed by atoms with Crippen molar-refractivity contribution >= 4 is 11.9 Å². The minimum absolute atomic E-state index is 0.223. The highest BCUT2D eigenvalue weighted by atomic mass is 16.1. The van der Waals surface area contributed by atoms with Gasteiger partial charge >= 0.3 is 0 Å². The molecule has 0 aromatic carbocycles. The van der Waals surface area contributed by atoms with Crippen LogP contribution in [-0.4, -0.2) is 28.5 Å². The van der Waals surface area contributed by atoms with Gasteiger partial charge in [0.05, 0.1) is 0 Å². The molecule has 1 amide bonds. The van der Waals surface area contributed by atoms with Gasteiger partial charge in [-0.05, 0) is 19.4 Å². The summed E-state index contributed by atoms with van der Waals surface area (Å²) in [6.45, 7) is 8.07. The highest BCUT2D eigenvalue weighted by Crippen LogP contribution is 2.04. The fourth-order valence-corrected chi connectivity index (χ4v) is 1.13. The molecule has 0 aliphatic heterocycles. The van der Waals surface area contributed by atoms with Crippen LogP contribution in [0.2, 0.25) is 0 Å². The third kappa shape index (κ3) is 4.22. The van der Waals surface area contributed by atoms with Crippen molar-refractivity contribution in [1.29, 1.82) is 0 Å². The van der Waals surface area contributed by atoms with Gasteiger partial charge < -0.3 is 10.6 Å². The number of carbonyl (C=O) groups excluding carboxylic acids is 1. The normalized spacial score (nSPS) is 11.6. The molecule has 1 atom stereocenters. The van der Waals surface area contributed by atoms with Gasteiger partial charge in [0.25, 0.3) is 5.91 Å². The molecule has 5 nitrogen and oxygen atoms in total. The molecule has 1 aromatic rings. The van der Waals surface area contributed by atoms with Crippen molar-refractivity contribution < 1.29 is 4.79 Å². The zero-order valence-electron chi connectivity index (χ0n) is 10.2. The van der Waals surface area contributed by atoms with Crippen molar-refractivity contribution in [2.45, 2.75) is 26.3 Å². The highest BCUT2D eigenvalue weighted by Gasteiger charge is 2.08. The van der Waals surface area contributed by atoms with Crippen LogP contribution in [-0.2, 0) is 0 Å². The topological polar surface area (TPSA) is 66.9 Å². The Kier molecular flexibility index (Phi) is 5.13. The molecule has 0 aliphatic carbocycles. The number of amides is 1. The van der Waals surface area contributed by atoms with Crippen LogP contribution in [0.25, 0.3) is 0 Å². The summed E-state index contributed by atoms with van der Waals surface area (Å²) in [6, 6.07) is 1.86. The second-order valence-corrected chi connectivity index (χ2v) is 3.72. The molecule has 1 unspecified atom stereocenters. The Morgan fingerprint density at radius 1 is 1.65 bits per heavy atom. The van der Waals surface area contributed by atoms with Gasteiger partial charge in [-0.15, -0.1) is 6.58 Å². The van der Waals surface area contributed by atoms with E-state index < -0.39 is 0 Å². The van der Waals surface area contributed by atoms with E-state index in [0.29, 0.717) is 18.2 Å². The van der Waals surface area contributed by atoms with E-state index in [9.17, 15) is 4.79 Å². The molecule has 0 spiro atoms. The van der Waals surface area contributed by atoms with Gasteiger partial charge in [-0.1, -0.05) is 13.0 Å². The Labute approximate surface area is 101 Å². The maximum absolute atomic E-state index is 11.6. The minimum Gasteiger partial charge on any atom is -0.352 e. The Morgan fingerprint density at radius 2 is 2.41 bits per heavy atom. The van der Waals surface area contributed by atoms with E-state index in [1.54, 1.807) is 18.3 Å². The molecule has 92 valence electrons. The summed E-state index contributed by atoms with van der Waals surface area (Å²) in [4.78, 5) is 19.8. The zero-order valence-corrected chi connectivity index (χ0v) is 10.2. The monoisotopic (exact) mass is 234 g/mol. The molecule has 0 aliphatic rings. The summed E-state index contributed by atoms with van der Waals surface area (Å²) in [7, 11) is 0. The molecule has 0 saturated heterocycles. The van der Waals surface area contributed by atoms with E-state index in [1.807, 2.05) is 6.92 Å². The van der Waals surface area contributed by atoms with Crippen molar-refractivity contribution in [2.75, 3.05) is 11.9 Å². The predicted octanol–water partition coefficient (Wildman–Crippen LogP) is 1.60. The molecule has 1 heterocycles. The van der Waals surface area contributed by atoms with Crippen LogP contribution in [0.15, 0.2) is 24.9 Å². The van der Waals surface area contributed by atoms with Gasteiger partial charge in [0.15, 0.2) is 0 Å². The number of anilines is 1. The average Bonchev–Trinajstić information content (AvgIpc) is 2.36. The van der Waals surface area contributed by atoms with Crippen LogP contribution in [0.3, 0.4) is 0 Å². The summed E-state index contributed by atoms with van der Waals surface area (Å²) in [6.07, 6.45) is 4.16. The summed E-state index contributed by atoms with van der Waals surface area (Å²) in [5, 5.41) is 5.79. The lowest BCUT2D eigenvalue weighted by Gasteiger charge is -2.11. The van der Waals surface area contributed by atoms with Gasteiger partial charge in [-0.25, -0.2) is 9.97 Å². The molecule has 17 heavy (non-hydrogen) atoms. The highest BCUT2D eigenvalue weighted by molar-refractivity contribution is 5.92. The van der Waals surface area contributed by atoms with Crippen LogP contribution < -0.4 is 10.6 Å². The van der Waals surface area contributed by atoms with E-state index in [4.69, 9.17) is 0 Å². The third-order valence-electron chi connectivity index (χ3n) is 2.28. The van der Waals surface area contributed by atoms with Gasteiger partial charge in [0.2, 0.25) is 5.95 Å². The van der Waals surface area contributed by atoms with Crippen LogP contribution in [0.5, 0.6) is 0 Å². The molecule has 1 aromatic heterocycles. The van der Waals surface area contributed by atoms with Crippen LogP contribution >= 0.6 is 0 Å². The van der Waals surface area contributed by atoms with E-state index in [0.717, 1.165) is 6.42 Å². The van der Waals surface area contributed by atoms with Crippen LogP contribution in [0.1, 0.15) is 30.8 Å². The quantitative estimate of drug-likeness (QED) is 0.734. The first-order chi connectivity index (χ1) is 8.17. The fourth-order valence-electron chi connectivity index (χ4n) is 1.13. The molecular formula is C12H18N4O. The minimum atomic E-state index is -0.223. The maximum Gasteiger partial charge on any atom is 0.270 e. The SMILES string of the molecule is C=CCNC(=O)c1ccnc(NC(C)CC)n1. The van der Waals surface area contributed by atoms with Gasteiger partial charge in [0, 0.05) is 18.8 Å². The molecule has 5 heteroatoms. The van der Waals surface area contributed by atoms with Crippen LogP contribution in [0, 0.1) is 0 Å². The molecule has 0 bridgehead atoms. The zero-order chi connectivity index (χ0) is 12.7. The van der Waals surface area contributed by atoms with Crippen molar-refractivity contribution in [3.8, 4) is 0 Å². The average molecular weight is 234 g/mol. The first kappa shape index (κ1) is 13.2. The number of hydrogen-bond donors (Lipinski definition) is 2. The number of hydrogen-bond acceptors (Lipinski definition) is 4. The lowest BCUT2D eigenvalue weighted by Crippen LogP contribution is -2.25. The van der Waals surface area contributed by atoms with E-state index >= 15 is 0 Å². The number of aromatic nitrogens is 2. The molecule has 0 fully saturated rings. The van der Waals surface area contributed by atoms with Gasteiger partial charge in [-0.2, -0.15) is 0 Å². The number of nitrogens with one attached hydrogen (secondary N) is 2. The molecule has 2 N–H and O–H groups in total. The van der Waals surface area contributed by atoms with Crippen LogP contribution in [0.4, 0.5) is 5.95 Å². The molecule has 0 saturated carbocycles. The third-order valence-corrected chi connectivity index (χ3v) is 2.28. The van der Waals surface area contributed by atoms with Crippen molar-refractivity contribution in [2.24, 2.45) is 0 Å². The maximum atomic E-state index is 11.6. The van der Waals surface area contributed by atoms with E-state index in [-0.39, 0.29) is 11.9 Å². The van der Waals surface area contributed by atoms with Crippen molar-refractivity contribution in [3.63, 3.8) is 0 Å². The number of carbonyl (C=O) groups is 1. The Hall–Kier alpha value is -1.91. The van der Waals surface area contributed by atoms with Gasteiger partial charge in [-0.3, -0.25) is 4.79 Å². The fraction of sp³-hybridized carbons (Fsp3) is 0.417. The second-order valence-electron chi connectivity index (χ2n) is 3.72.